The van der Waals surface area contributed by atoms with Gasteiger partial charge in [-0.15, -0.1) is 0 Å². The van der Waals surface area contributed by atoms with Crippen molar-refractivity contribution in [3.8, 4) is 0 Å². The molecule has 4 nitrogen and oxygen atoms in total. The van der Waals surface area contributed by atoms with E-state index in [0.29, 0.717) is 5.56 Å². The van der Waals surface area contributed by atoms with E-state index < -0.39 is 34.0 Å². The van der Waals surface area contributed by atoms with Gasteiger partial charge < -0.3 is 9.80 Å². The Morgan fingerprint density at radius 2 is 1.55 bits per heavy atom. The highest BCUT2D eigenvalue weighted by atomic mass is 35.5. The molecule has 1 aliphatic rings. The number of rotatable bonds is 2. The van der Waals surface area contributed by atoms with Crippen LogP contribution in [0.5, 0.6) is 0 Å². The number of nitrogens with one attached hydrogen (secondary N) is 1. The van der Waals surface area contributed by atoms with E-state index in [1.807, 2.05) is 6.07 Å². The van der Waals surface area contributed by atoms with E-state index in [1.54, 1.807) is 30.0 Å². The zero-order valence-corrected chi connectivity index (χ0v) is 16.8. The minimum Gasteiger partial charge on any atom is -0.363 e. The van der Waals surface area contributed by atoms with Gasteiger partial charge in [0.15, 0.2) is 28.4 Å². The second-order valence-corrected chi connectivity index (χ2v) is 7.23. The molecule has 29 heavy (non-hydrogen) atoms. The van der Waals surface area contributed by atoms with Gasteiger partial charge in [-0.2, -0.15) is 0 Å². The number of benzene rings is 2. The summed E-state index contributed by atoms with van der Waals surface area (Å²) >= 11 is 10.5. The van der Waals surface area contributed by atoms with E-state index in [-0.39, 0.29) is 37.2 Å². The van der Waals surface area contributed by atoms with Crippen LogP contribution in [0.2, 0.25) is 5.02 Å². The highest BCUT2D eigenvalue weighted by molar-refractivity contribution is 7.80. The first-order valence-corrected chi connectivity index (χ1v) is 9.43. The van der Waals surface area contributed by atoms with Crippen molar-refractivity contribution in [3.63, 3.8) is 0 Å². The Hall–Kier alpha value is -2.39. The largest absolute Gasteiger partial charge is 0.363 e. The number of hydrogen-bond acceptors (Lipinski definition) is 3. The Morgan fingerprint density at radius 1 is 1.00 bits per heavy atom. The van der Waals surface area contributed by atoms with Crippen LogP contribution < -0.4 is 10.2 Å². The fourth-order valence-corrected chi connectivity index (χ4v) is 3.52. The molecule has 0 aromatic heterocycles. The van der Waals surface area contributed by atoms with Crippen LogP contribution in [-0.4, -0.2) is 42.1 Å². The number of carbonyl (C=O) groups excluding carboxylic acids is 1. The van der Waals surface area contributed by atoms with Gasteiger partial charge in [-0.1, -0.05) is 29.8 Å². The molecule has 1 fully saturated rings. The van der Waals surface area contributed by atoms with E-state index in [1.165, 1.54) is 4.90 Å². The molecule has 1 amide bonds. The third kappa shape index (κ3) is 4.16. The molecule has 0 spiro atoms. The van der Waals surface area contributed by atoms with Crippen LogP contribution in [0.3, 0.4) is 0 Å². The molecular weight excluding hydrogens is 430 g/mol. The van der Waals surface area contributed by atoms with E-state index in [2.05, 4.69) is 5.32 Å². The van der Waals surface area contributed by atoms with Gasteiger partial charge in [-0.25, -0.2) is 17.6 Å². The van der Waals surface area contributed by atoms with Crippen LogP contribution in [0.4, 0.5) is 23.2 Å². The summed E-state index contributed by atoms with van der Waals surface area (Å²) in [6.07, 6.45) is 0. The van der Waals surface area contributed by atoms with Crippen molar-refractivity contribution < 1.29 is 22.4 Å². The summed E-state index contributed by atoms with van der Waals surface area (Å²) in [5.74, 6) is -6.72. The molecule has 0 radical (unpaired) electrons. The summed E-state index contributed by atoms with van der Waals surface area (Å²) in [7, 11) is 0. The van der Waals surface area contributed by atoms with Crippen LogP contribution in [0.15, 0.2) is 24.3 Å². The first kappa shape index (κ1) is 21.3. The zero-order valence-electron chi connectivity index (χ0n) is 15.2. The lowest BCUT2D eigenvalue weighted by atomic mass is 10.1. The highest BCUT2D eigenvalue weighted by Crippen LogP contribution is 2.33. The lowest BCUT2D eigenvalue weighted by Crippen LogP contribution is -2.53. The second kappa shape index (κ2) is 8.54. The molecule has 2 aromatic carbocycles. The van der Waals surface area contributed by atoms with Crippen LogP contribution >= 0.6 is 23.8 Å². The number of anilines is 1. The van der Waals surface area contributed by atoms with Crippen molar-refractivity contribution in [3.05, 3.63) is 63.7 Å². The lowest BCUT2D eigenvalue weighted by molar-refractivity contribution is 0.0972. The summed E-state index contributed by atoms with van der Waals surface area (Å²) in [6, 6.07) is 7.01. The predicted octanol–water partition coefficient (Wildman–Crippen LogP) is 4.04. The van der Waals surface area contributed by atoms with E-state index in [9.17, 15) is 22.4 Å². The quantitative estimate of drug-likeness (QED) is 0.327. The fraction of sp³-hybridized carbons (Fsp3) is 0.263. The number of thiocarbonyl (C=S) groups is 1. The molecule has 1 heterocycles. The first-order chi connectivity index (χ1) is 13.7. The second-order valence-electron chi connectivity index (χ2n) is 6.47. The molecule has 0 saturated carbocycles. The molecule has 10 heteroatoms. The van der Waals surface area contributed by atoms with Crippen LogP contribution in [0, 0.1) is 30.2 Å². The van der Waals surface area contributed by atoms with Crippen LogP contribution in [0.1, 0.15) is 15.9 Å². The standard InChI is InChI=1S/C19H16ClF4N3OS/c1-10-4-2-3-5-11(10)18(28)25-19(29)27-8-6-26(7-9-27)17-15(23)13(21)12(20)14(22)16(17)24/h2-5H,6-9H2,1H3,(H,25,28,29). The maximum atomic E-state index is 14.1. The summed E-state index contributed by atoms with van der Waals surface area (Å²) in [4.78, 5) is 15.2. The summed E-state index contributed by atoms with van der Waals surface area (Å²) in [6.45, 7) is 2.25. The van der Waals surface area contributed by atoms with Gasteiger partial charge in [-0.05, 0) is 30.8 Å². The van der Waals surface area contributed by atoms with Crippen molar-refractivity contribution in [1.82, 2.24) is 10.2 Å². The molecular formula is C19H16ClF4N3OS. The van der Waals surface area contributed by atoms with Crippen molar-refractivity contribution in [2.24, 2.45) is 0 Å². The Labute approximate surface area is 175 Å². The molecule has 154 valence electrons. The minimum atomic E-state index is -1.64. The van der Waals surface area contributed by atoms with Gasteiger partial charge in [0.25, 0.3) is 5.91 Å². The molecule has 0 bridgehead atoms. The van der Waals surface area contributed by atoms with Gasteiger partial charge in [-0.3, -0.25) is 10.1 Å². The van der Waals surface area contributed by atoms with Gasteiger partial charge in [0, 0.05) is 31.7 Å². The minimum absolute atomic E-state index is 0.0364. The molecule has 3 rings (SSSR count). The van der Waals surface area contributed by atoms with Crippen molar-refractivity contribution in [2.75, 3.05) is 31.1 Å². The number of aryl methyl sites for hydroxylation is 1. The number of hydrogen-bond donors (Lipinski definition) is 1. The Kier molecular flexibility index (Phi) is 6.28. The molecule has 1 N–H and O–H groups in total. The van der Waals surface area contributed by atoms with Gasteiger partial charge >= 0.3 is 0 Å². The number of amides is 1. The zero-order chi connectivity index (χ0) is 21.3. The third-order valence-corrected chi connectivity index (χ3v) is 5.37. The SMILES string of the molecule is Cc1ccccc1C(=O)NC(=S)N1CCN(c2c(F)c(F)c(Cl)c(F)c2F)CC1. The van der Waals surface area contributed by atoms with E-state index in [0.717, 1.165) is 5.56 Å². The Morgan fingerprint density at radius 3 is 2.10 bits per heavy atom. The Bertz CT molecular complexity index is 951. The van der Waals surface area contributed by atoms with Crippen molar-refractivity contribution in [1.29, 1.82) is 0 Å². The summed E-state index contributed by atoms with van der Waals surface area (Å²) in [5, 5.41) is 1.56. The molecule has 1 saturated heterocycles. The predicted molar refractivity (Wildman–Crippen MR) is 106 cm³/mol. The average molecular weight is 446 g/mol. The lowest BCUT2D eigenvalue weighted by Gasteiger charge is -2.37. The van der Waals surface area contributed by atoms with Crippen LogP contribution in [-0.2, 0) is 0 Å². The first-order valence-electron chi connectivity index (χ1n) is 8.64. The van der Waals surface area contributed by atoms with Crippen molar-refractivity contribution in [2.45, 2.75) is 6.92 Å². The molecule has 2 aromatic rings. The Balaban J connectivity index is 1.68. The number of piperazine rings is 1. The number of nitrogens with zero attached hydrogens (tertiary/aromatic N) is 2. The molecule has 0 atom stereocenters. The summed E-state index contributed by atoms with van der Waals surface area (Å²) < 4.78 is 55.7. The van der Waals surface area contributed by atoms with Gasteiger partial charge in [0.1, 0.15) is 10.7 Å². The monoisotopic (exact) mass is 445 g/mol. The van der Waals surface area contributed by atoms with Gasteiger partial charge in [0.2, 0.25) is 0 Å². The number of carbonyl (C=O) groups is 1. The van der Waals surface area contributed by atoms with Gasteiger partial charge in [0.05, 0.1) is 0 Å². The van der Waals surface area contributed by atoms with E-state index in [4.69, 9.17) is 23.8 Å². The smallest absolute Gasteiger partial charge is 0.257 e. The molecule has 0 unspecified atom stereocenters. The number of halogens is 5. The maximum Gasteiger partial charge on any atom is 0.257 e. The topological polar surface area (TPSA) is 35.6 Å². The average Bonchev–Trinajstić information content (AvgIpc) is 2.71. The maximum absolute atomic E-state index is 14.1. The fourth-order valence-electron chi connectivity index (χ4n) is 3.08. The molecule has 0 aliphatic carbocycles. The third-order valence-electron chi connectivity index (χ3n) is 4.68. The normalized spacial score (nSPS) is 14.1. The highest BCUT2D eigenvalue weighted by Gasteiger charge is 2.30. The molecule has 1 aliphatic heterocycles. The van der Waals surface area contributed by atoms with Crippen LogP contribution in [0.25, 0.3) is 0 Å². The summed E-state index contributed by atoms with van der Waals surface area (Å²) in [5.41, 5.74) is 0.457. The van der Waals surface area contributed by atoms with Crippen molar-refractivity contribution >= 4 is 40.5 Å². The van der Waals surface area contributed by atoms with E-state index >= 15 is 0 Å².